The van der Waals surface area contributed by atoms with Crippen molar-refractivity contribution in [1.82, 2.24) is 0 Å². The zero-order valence-electron chi connectivity index (χ0n) is 59.2. The first-order valence-electron chi connectivity index (χ1n) is 35.2. The molecule has 4 aromatic carbocycles. The van der Waals surface area contributed by atoms with Crippen LogP contribution in [0.2, 0.25) is 25.3 Å². The van der Waals surface area contributed by atoms with E-state index in [1.54, 1.807) is 23.6 Å². The van der Waals surface area contributed by atoms with Crippen molar-refractivity contribution in [2.24, 2.45) is 69.5 Å². The average Bonchev–Trinajstić information content (AvgIpc) is 1.50. The highest BCUT2D eigenvalue weighted by atomic mass is 16.4. The number of nitrogens with zero attached hydrogens (tertiary/aromatic N) is 4. The largest absolute Gasteiger partial charge is 0.480 e. The molecule has 584 valence electrons. The summed E-state index contributed by atoms with van der Waals surface area (Å²) in [6.45, 7) is 5.20. The molecule has 6 fully saturated rings. The second-order valence-electron chi connectivity index (χ2n) is 29.8. The Bertz CT molecular complexity index is 4100. The zero-order chi connectivity index (χ0) is 79.3. The van der Waals surface area contributed by atoms with Crippen molar-refractivity contribution in [1.29, 1.82) is 0 Å². The van der Waals surface area contributed by atoms with Gasteiger partial charge in [0.2, 0.25) is 0 Å². The fourth-order valence-electron chi connectivity index (χ4n) is 14.3. The quantitative estimate of drug-likeness (QED) is 0.0149. The van der Waals surface area contributed by atoms with Crippen LogP contribution in [0.5, 0.6) is 0 Å². The molecule has 4 saturated heterocycles. The molecule has 0 radical (unpaired) electrons. The Hall–Kier alpha value is -7.78. The van der Waals surface area contributed by atoms with E-state index in [2.05, 4.69) is 21.3 Å². The summed E-state index contributed by atoms with van der Waals surface area (Å²) in [6.07, 6.45) is 6.70. The third kappa shape index (κ3) is 18.8. The summed E-state index contributed by atoms with van der Waals surface area (Å²) in [7, 11) is -5.86. The van der Waals surface area contributed by atoms with Gasteiger partial charge >= 0.3 is 52.4 Å². The van der Waals surface area contributed by atoms with Gasteiger partial charge in [0.05, 0.1) is 0 Å². The van der Waals surface area contributed by atoms with Crippen LogP contribution in [0.15, 0.2) is 38.4 Å². The maximum absolute atomic E-state index is 12.2. The van der Waals surface area contributed by atoms with Gasteiger partial charge in [0.15, 0.2) is 0 Å². The van der Waals surface area contributed by atoms with Gasteiger partial charge in [0.1, 0.15) is 67.7 Å². The number of carbonyl (C=O) groups is 4. The van der Waals surface area contributed by atoms with Gasteiger partial charge in [-0.25, -0.2) is 0 Å². The van der Waals surface area contributed by atoms with Crippen molar-refractivity contribution in [2.75, 3.05) is 119 Å². The van der Waals surface area contributed by atoms with Crippen molar-refractivity contribution in [3.05, 3.63) is 81.8 Å². The third-order valence-electron chi connectivity index (χ3n) is 21.4. The fraction of sp³-hybridized carbons (Fsp3) is 0.677. The van der Waals surface area contributed by atoms with Gasteiger partial charge in [-0.1, -0.05) is 25.7 Å². The lowest BCUT2D eigenvalue weighted by molar-refractivity contribution is -0.145. The predicted octanol–water partition coefficient (Wildman–Crippen LogP) is -9.66. The number of nitrogens with two attached hydrogens (primary N) is 8. The number of carboxylic acids is 4. The van der Waals surface area contributed by atoms with Gasteiger partial charge in [-0.2, -0.15) is 0 Å². The Morgan fingerprint density at radius 1 is 0.443 bits per heavy atom. The van der Waals surface area contributed by atoms with Crippen molar-refractivity contribution in [2.45, 2.75) is 161 Å². The van der Waals surface area contributed by atoms with E-state index < -0.39 is 142 Å². The number of anilines is 8. The van der Waals surface area contributed by atoms with Gasteiger partial charge in [0, 0.05) is 125 Å². The van der Waals surface area contributed by atoms with Crippen LogP contribution in [-0.2, 0) is 19.2 Å². The van der Waals surface area contributed by atoms with Crippen molar-refractivity contribution < 1.29 is 79.8 Å². The number of aliphatic carboxylic acids is 4. The normalized spacial score (nSPS) is 25.2. The minimum Gasteiger partial charge on any atom is -0.480 e. The smallest absolute Gasteiger partial charge is 0.451 e. The molecule has 0 amide bonds. The molecule has 44 heteroatoms. The molecule has 2 aliphatic carbocycles. The molecule has 4 aromatic rings. The lowest BCUT2D eigenvalue weighted by atomic mass is 9.78. The minimum absolute atomic E-state index is 0.0934. The highest BCUT2D eigenvalue weighted by molar-refractivity contribution is 6.41. The lowest BCUT2D eigenvalue weighted by Gasteiger charge is -2.27. The molecule has 0 aromatic heterocycles. The molecule has 10 atom stereocenters. The topological polar surface area (TPSA) is 717 Å². The minimum atomic E-state index is -1.59. The Kier molecular flexibility index (Phi) is 27.6. The molecule has 32 N–H and O–H groups in total. The summed E-state index contributed by atoms with van der Waals surface area (Å²) < 4.78 is 0. The van der Waals surface area contributed by atoms with Gasteiger partial charge < -0.3 is 147 Å². The van der Waals surface area contributed by atoms with Crippen molar-refractivity contribution in [3.8, 4) is 0 Å². The second kappa shape index (κ2) is 34.2. The first kappa shape index (κ1) is 85.5. The molecule has 10 rings (SSSR count). The summed E-state index contributed by atoms with van der Waals surface area (Å²) in [5.74, 6) is -6.74. The maximum Gasteiger partial charge on any atom is 0.451 e. The summed E-state index contributed by atoms with van der Waals surface area (Å²) in [4.78, 5) is 149. The van der Waals surface area contributed by atoms with E-state index in [0.29, 0.717) is 71.0 Å². The molecule has 40 nitrogen and oxygen atoms in total. The van der Waals surface area contributed by atoms with E-state index in [1.165, 1.54) is 9.80 Å². The van der Waals surface area contributed by atoms with Gasteiger partial charge in [0.25, 0.3) is 43.4 Å². The molecular formula is C62H100B4N16O24. The lowest BCUT2D eigenvalue weighted by Crippen LogP contribution is -2.55. The van der Waals surface area contributed by atoms with E-state index in [-0.39, 0.29) is 153 Å². The van der Waals surface area contributed by atoms with Crippen molar-refractivity contribution in [3.63, 3.8) is 0 Å². The Labute approximate surface area is 607 Å². The van der Waals surface area contributed by atoms with Crippen LogP contribution in [0, 0.1) is 23.7 Å². The van der Waals surface area contributed by atoms with Crippen LogP contribution in [0.3, 0.4) is 0 Å². The maximum atomic E-state index is 12.2. The highest BCUT2D eigenvalue weighted by Gasteiger charge is 2.56. The molecule has 106 heavy (non-hydrogen) atoms. The first-order chi connectivity index (χ1) is 49.4. The average molecular weight is 1500 g/mol. The summed E-state index contributed by atoms with van der Waals surface area (Å²) >= 11 is 0. The SMILES string of the molecule is CC(CN)Nc1c(N2C[C@H](CCCB(O)O)[C@](N)(C(=O)O)C2)c(=O)c1=O.CC(N)CNc1c(N2C[C@H](CCCB(O)O)[C@](N)(C(=O)O)C2)c(=O)c1=O.NC1(CNc2c(N3C[C@H](CCCB(O)O)[C@](N)(C(=O)O)C3)c(=O)c2=O)CC1.NCC1(Nc2c(N3C[C@H](CCCB(O)O)[C@](N)(C(=O)O)C3)c(=O)c2=O)CC1. The van der Waals surface area contributed by atoms with E-state index in [1.807, 2.05) is 0 Å². The Morgan fingerprint density at radius 2 is 0.726 bits per heavy atom. The standard InChI is InChI=1S/2C16H25BN4O6.2C15H25BN4O6/c18-15(3-4-15)7-20-10-11(13(23)12(10)22)21-6-9(2-1-5-17(26)27)16(19,8-21)14(24)25;18-7-15(3-4-15)20-10-11(13(23)12(10)22)21-6-9(2-1-5-17(26)27)16(19,8-21)14(24)25;1-8(17)5-19-10-11(13(22)12(10)21)20-6-9(3-2-4-16(25)26)15(18,7-20)14(23)24;1-8(5-17)19-10-11(13(22)12(10)21)20-6-9(3-2-4-16(25)26)15(18,7-20)14(23)24/h2*9,20,26-27H,1-8,18-19H2,(H,24,25);2*8-9,19,25-26H,2-7,17-18H2,1H3,(H,23,24)/t2*9-,16-;2*8?,9-,15-/m0000/s1. The molecule has 0 bridgehead atoms. The van der Waals surface area contributed by atoms with Gasteiger partial charge in [-0.15, -0.1) is 0 Å². The molecule has 6 aliphatic rings. The second-order valence-corrected chi connectivity index (χ2v) is 29.8. The molecule has 2 unspecified atom stereocenters. The summed E-state index contributed by atoms with van der Waals surface area (Å²) in [5.41, 5.74) is 36.4. The van der Waals surface area contributed by atoms with E-state index in [0.717, 1.165) is 25.7 Å². The summed E-state index contributed by atoms with van der Waals surface area (Å²) in [5, 5.41) is 122. The number of hydrogen-bond acceptors (Lipinski definition) is 36. The monoisotopic (exact) mass is 1500 g/mol. The summed E-state index contributed by atoms with van der Waals surface area (Å²) in [6, 6.07) is -0.445. The number of nitrogens with one attached hydrogen (secondary N) is 4. The molecule has 4 aliphatic heterocycles. The van der Waals surface area contributed by atoms with E-state index in [9.17, 15) is 78.0 Å². The van der Waals surface area contributed by atoms with Gasteiger partial charge in [-0.05, 0) is 90.5 Å². The van der Waals surface area contributed by atoms with Crippen LogP contribution < -0.4 is 130 Å². The number of hydrogen-bond donors (Lipinski definition) is 24. The Balaban J connectivity index is 0.000000197. The molecule has 0 spiro atoms. The predicted molar refractivity (Wildman–Crippen MR) is 397 cm³/mol. The van der Waals surface area contributed by atoms with E-state index >= 15 is 0 Å². The number of rotatable bonds is 36. The molecule has 2 saturated carbocycles. The van der Waals surface area contributed by atoms with Crippen LogP contribution in [0.1, 0.15) is 90.9 Å². The molecule has 4 heterocycles. The van der Waals surface area contributed by atoms with Crippen LogP contribution in [0.4, 0.5) is 45.5 Å². The van der Waals surface area contributed by atoms with Crippen LogP contribution in [0.25, 0.3) is 0 Å². The Morgan fingerprint density at radius 3 is 0.991 bits per heavy atom. The highest BCUT2D eigenvalue weighted by Crippen LogP contribution is 2.43. The third-order valence-corrected chi connectivity index (χ3v) is 21.4. The van der Waals surface area contributed by atoms with E-state index in [4.69, 9.17) is 86.1 Å². The number of carboxylic acid groups (broad SMARTS) is 4. The zero-order valence-corrected chi connectivity index (χ0v) is 59.2. The van der Waals surface area contributed by atoms with Crippen LogP contribution in [-0.4, -0.2) is 237 Å². The fourth-order valence-corrected chi connectivity index (χ4v) is 14.3. The van der Waals surface area contributed by atoms with Crippen molar-refractivity contribution >= 4 is 97.8 Å². The first-order valence-corrected chi connectivity index (χ1v) is 35.2. The van der Waals surface area contributed by atoms with Gasteiger partial charge in [-0.3, -0.25) is 57.5 Å². The van der Waals surface area contributed by atoms with Crippen LogP contribution >= 0.6 is 0 Å². The molecular weight excluding hydrogens is 1400 g/mol.